The second-order valence-electron chi connectivity index (χ2n) is 7.17. The average Bonchev–Trinajstić information content (AvgIpc) is 2.84. The van der Waals surface area contributed by atoms with E-state index in [1.807, 2.05) is 0 Å². The number of alkyl halides is 2. The Kier molecular flexibility index (Phi) is 6.49. The number of hydrogen-bond acceptors (Lipinski definition) is 7. The van der Waals surface area contributed by atoms with Crippen LogP contribution in [0.4, 0.5) is 18.9 Å². The zero-order chi connectivity index (χ0) is 23.5. The molecule has 0 spiro atoms. The predicted molar refractivity (Wildman–Crippen MR) is 109 cm³/mol. The molecular weight excluding hydrogens is 429 g/mol. The van der Waals surface area contributed by atoms with Crippen molar-refractivity contribution >= 4 is 23.4 Å². The number of amides is 1. The number of anilines is 1. The monoisotopic (exact) mass is 450 g/mol. The number of carbonyl (C=O) groups is 2. The summed E-state index contributed by atoms with van der Waals surface area (Å²) in [5.74, 6) is -5.99. The van der Waals surface area contributed by atoms with Gasteiger partial charge < -0.3 is 20.5 Å². The Morgan fingerprint density at radius 2 is 2.03 bits per heavy atom. The molecule has 8 nitrogen and oxygen atoms in total. The molecule has 0 saturated carbocycles. The summed E-state index contributed by atoms with van der Waals surface area (Å²) in [5, 5.41) is 2.47. The Morgan fingerprint density at radius 1 is 1.28 bits per heavy atom. The summed E-state index contributed by atoms with van der Waals surface area (Å²) in [6.45, 7) is 1.58. The van der Waals surface area contributed by atoms with E-state index < -0.39 is 41.3 Å². The van der Waals surface area contributed by atoms with Crippen LogP contribution in [0.25, 0.3) is 0 Å². The third-order valence-electron chi connectivity index (χ3n) is 4.87. The van der Waals surface area contributed by atoms with E-state index in [1.54, 1.807) is 6.92 Å². The molecule has 0 bridgehead atoms. The van der Waals surface area contributed by atoms with Crippen LogP contribution in [-0.4, -0.2) is 48.4 Å². The molecule has 1 aliphatic heterocycles. The maximum absolute atomic E-state index is 14.8. The average molecular weight is 450 g/mol. The lowest BCUT2D eigenvalue weighted by Crippen LogP contribution is -2.45. The number of aliphatic imine (C=N–C) groups is 1. The van der Waals surface area contributed by atoms with Gasteiger partial charge in [-0.25, -0.2) is 18.0 Å². The first-order valence-electron chi connectivity index (χ1n) is 9.61. The molecule has 1 aromatic heterocycles. The van der Waals surface area contributed by atoms with Crippen LogP contribution in [0.5, 0.6) is 0 Å². The summed E-state index contributed by atoms with van der Waals surface area (Å²) in [6.07, 6.45) is 1.17. The maximum atomic E-state index is 14.8. The van der Waals surface area contributed by atoms with Crippen molar-refractivity contribution in [2.75, 3.05) is 25.1 Å². The van der Waals surface area contributed by atoms with Crippen LogP contribution in [0, 0.1) is 5.82 Å². The van der Waals surface area contributed by atoms with Gasteiger partial charge in [-0.15, -0.1) is 0 Å². The van der Waals surface area contributed by atoms with Crippen LogP contribution >= 0.6 is 0 Å². The molecule has 2 heterocycles. The number of amidine groups is 1. The quantitative estimate of drug-likeness (QED) is 0.677. The van der Waals surface area contributed by atoms with Crippen LogP contribution in [0.3, 0.4) is 0 Å². The molecule has 0 unspecified atom stereocenters. The van der Waals surface area contributed by atoms with E-state index in [9.17, 15) is 22.8 Å². The van der Waals surface area contributed by atoms with Gasteiger partial charge >= 0.3 is 5.97 Å². The van der Waals surface area contributed by atoms with Crippen LogP contribution in [0.2, 0.25) is 0 Å². The van der Waals surface area contributed by atoms with E-state index >= 15 is 0 Å². The molecule has 1 aromatic carbocycles. The van der Waals surface area contributed by atoms with Crippen LogP contribution in [-0.2, 0) is 15.0 Å². The highest BCUT2D eigenvalue weighted by Gasteiger charge is 2.54. The van der Waals surface area contributed by atoms with E-state index in [4.69, 9.17) is 15.2 Å². The first kappa shape index (κ1) is 23.2. The predicted octanol–water partition coefficient (Wildman–Crippen LogP) is 2.89. The fraction of sp³-hybridized carbons (Fsp3) is 0.333. The summed E-state index contributed by atoms with van der Waals surface area (Å²) < 4.78 is 53.8. The molecular formula is C21H21F3N4O4. The van der Waals surface area contributed by atoms with Crippen molar-refractivity contribution in [1.82, 2.24) is 4.98 Å². The number of hydrogen-bond donors (Lipinski definition) is 2. The first-order valence-corrected chi connectivity index (χ1v) is 9.61. The summed E-state index contributed by atoms with van der Waals surface area (Å²) >= 11 is 0. The molecule has 0 fully saturated rings. The number of nitrogens with zero attached hydrogens (tertiary/aromatic N) is 2. The standard InChI is InChI=1S/C21H21F3N4O4/c1-3-32-19(30)12-4-7-16(26-9-12)18(29)27-13-5-6-15(22)14(8-13)20(2)21(23,24)11-31-10-17(25)28-20/h4-9H,3,10-11H2,1-2H3,(H2,25,28)(H,27,29)/t20-/m0/s1. The van der Waals surface area contributed by atoms with Crippen molar-refractivity contribution in [1.29, 1.82) is 0 Å². The molecule has 0 saturated heterocycles. The SMILES string of the molecule is CCOC(=O)c1ccc(C(=O)Nc2ccc(F)c([C@]3(C)N=C(N)COCC3(F)F)c2)nc1. The lowest BCUT2D eigenvalue weighted by atomic mass is 9.85. The Balaban J connectivity index is 1.88. The van der Waals surface area contributed by atoms with E-state index in [1.165, 1.54) is 24.4 Å². The molecule has 170 valence electrons. The third-order valence-corrected chi connectivity index (χ3v) is 4.87. The highest BCUT2D eigenvalue weighted by Crippen LogP contribution is 2.44. The van der Waals surface area contributed by atoms with Crippen LogP contribution in [0.15, 0.2) is 41.5 Å². The number of aromatic nitrogens is 1. The lowest BCUT2D eigenvalue weighted by molar-refractivity contribution is -0.116. The van der Waals surface area contributed by atoms with Gasteiger partial charge in [0.1, 0.15) is 30.6 Å². The van der Waals surface area contributed by atoms with Gasteiger partial charge in [0.15, 0.2) is 5.54 Å². The molecule has 3 rings (SSSR count). The third kappa shape index (κ3) is 4.57. The largest absolute Gasteiger partial charge is 0.462 e. The fourth-order valence-corrected chi connectivity index (χ4v) is 3.12. The summed E-state index contributed by atoms with van der Waals surface area (Å²) in [6, 6.07) is 5.89. The van der Waals surface area contributed by atoms with Gasteiger partial charge in [-0.2, -0.15) is 0 Å². The second-order valence-corrected chi connectivity index (χ2v) is 7.17. The van der Waals surface area contributed by atoms with Gasteiger partial charge in [-0.1, -0.05) is 0 Å². The van der Waals surface area contributed by atoms with Crippen molar-refractivity contribution in [2.24, 2.45) is 10.7 Å². The smallest absolute Gasteiger partial charge is 0.339 e. The topological polar surface area (TPSA) is 116 Å². The molecule has 0 aliphatic carbocycles. The highest BCUT2D eigenvalue weighted by molar-refractivity contribution is 6.03. The molecule has 11 heteroatoms. The Hall–Kier alpha value is -3.47. The number of carbonyl (C=O) groups excluding carboxylic acids is 2. The van der Waals surface area contributed by atoms with E-state index in [0.717, 1.165) is 19.1 Å². The van der Waals surface area contributed by atoms with Gasteiger partial charge in [0.2, 0.25) is 0 Å². The van der Waals surface area contributed by atoms with Gasteiger partial charge in [0.25, 0.3) is 11.8 Å². The fourth-order valence-electron chi connectivity index (χ4n) is 3.12. The number of nitrogens with two attached hydrogens (primary N) is 1. The van der Waals surface area contributed by atoms with Gasteiger partial charge in [0.05, 0.1) is 12.2 Å². The Bertz CT molecular complexity index is 1060. The lowest BCUT2D eigenvalue weighted by Gasteiger charge is -2.33. The van der Waals surface area contributed by atoms with Crippen molar-refractivity contribution in [2.45, 2.75) is 25.3 Å². The molecule has 1 atom stereocenters. The molecule has 1 aliphatic rings. The number of ether oxygens (including phenoxy) is 2. The van der Waals surface area contributed by atoms with Crippen LogP contribution in [0.1, 0.15) is 40.3 Å². The highest BCUT2D eigenvalue weighted by atomic mass is 19.3. The van der Waals surface area contributed by atoms with Gasteiger partial charge in [0, 0.05) is 17.4 Å². The number of benzene rings is 1. The number of nitrogens with one attached hydrogen (secondary N) is 1. The zero-order valence-corrected chi connectivity index (χ0v) is 17.3. The van der Waals surface area contributed by atoms with Crippen LogP contribution < -0.4 is 11.1 Å². The van der Waals surface area contributed by atoms with E-state index in [0.29, 0.717) is 0 Å². The summed E-state index contributed by atoms with van der Waals surface area (Å²) in [5.41, 5.74) is 2.97. The molecule has 0 radical (unpaired) electrons. The zero-order valence-electron chi connectivity index (χ0n) is 17.3. The molecule has 32 heavy (non-hydrogen) atoms. The van der Waals surface area contributed by atoms with Crippen molar-refractivity contribution in [3.8, 4) is 0 Å². The number of halogens is 3. The summed E-state index contributed by atoms with van der Waals surface area (Å²) in [7, 11) is 0. The normalized spacial score (nSPS) is 20.1. The minimum atomic E-state index is -3.57. The van der Waals surface area contributed by atoms with E-state index in [-0.39, 0.29) is 36.0 Å². The second kappa shape index (κ2) is 8.95. The minimum absolute atomic E-state index is 0.0404. The number of pyridine rings is 1. The Labute approximate surface area is 181 Å². The van der Waals surface area contributed by atoms with Crippen molar-refractivity contribution < 1.29 is 32.2 Å². The molecule has 3 N–H and O–H groups in total. The first-order chi connectivity index (χ1) is 15.1. The maximum Gasteiger partial charge on any atom is 0.339 e. The van der Waals surface area contributed by atoms with E-state index in [2.05, 4.69) is 15.3 Å². The molecule has 1 amide bonds. The van der Waals surface area contributed by atoms with Crippen molar-refractivity contribution in [3.05, 3.63) is 59.2 Å². The number of rotatable bonds is 5. The van der Waals surface area contributed by atoms with Gasteiger partial charge in [-0.05, 0) is 44.2 Å². The van der Waals surface area contributed by atoms with Gasteiger partial charge in [-0.3, -0.25) is 14.8 Å². The molecule has 2 aromatic rings. The van der Waals surface area contributed by atoms with Crippen molar-refractivity contribution in [3.63, 3.8) is 0 Å². The minimum Gasteiger partial charge on any atom is -0.462 e. The Morgan fingerprint density at radius 3 is 2.69 bits per heavy atom. The summed E-state index contributed by atoms with van der Waals surface area (Å²) in [4.78, 5) is 31.9. The number of esters is 1.